The lowest BCUT2D eigenvalue weighted by Crippen LogP contribution is -2.13. The van der Waals surface area contributed by atoms with Crippen LogP contribution in [-0.4, -0.2) is 26.0 Å². The van der Waals surface area contributed by atoms with Crippen LogP contribution in [-0.2, 0) is 9.84 Å². The smallest absolute Gasteiger partial charge is 0.152 e. The minimum absolute atomic E-state index is 0.0342. The lowest BCUT2D eigenvalue weighted by molar-refractivity contribution is 0.599. The Balaban J connectivity index is 2.26. The fourth-order valence-electron chi connectivity index (χ4n) is 1.95. The summed E-state index contributed by atoms with van der Waals surface area (Å²) < 4.78 is 23.7. The third-order valence-corrected chi connectivity index (χ3v) is 4.88. The molecule has 82 valence electrons. The second-order valence-electron chi connectivity index (χ2n) is 3.95. The molecule has 1 fully saturated rings. The summed E-state index contributed by atoms with van der Waals surface area (Å²) in [4.78, 5) is 0. The molecule has 5 heteroatoms. The van der Waals surface area contributed by atoms with Crippen molar-refractivity contribution in [2.45, 2.75) is 17.2 Å². The van der Waals surface area contributed by atoms with E-state index in [-0.39, 0.29) is 12.0 Å². The Bertz CT molecular complexity index is 469. The summed E-state index contributed by atoms with van der Waals surface area (Å²) in [5.41, 5.74) is 6.78. The minimum Gasteiger partial charge on any atom is -0.326 e. The predicted octanol–water partition coefficient (Wildman–Crippen LogP) is 1.29. The maximum Gasteiger partial charge on any atom is 0.152 e. The van der Waals surface area contributed by atoms with Gasteiger partial charge in [-0.25, -0.2) is 8.42 Å². The topological polar surface area (TPSA) is 60.2 Å². The second kappa shape index (κ2) is 3.57. The Morgan fingerprint density at radius 2 is 1.80 bits per heavy atom. The molecule has 1 saturated carbocycles. The van der Waals surface area contributed by atoms with Crippen LogP contribution in [0.5, 0.6) is 0 Å². The summed E-state index contributed by atoms with van der Waals surface area (Å²) in [6.45, 7) is 0. The Morgan fingerprint density at radius 3 is 2.20 bits per heavy atom. The van der Waals surface area contributed by atoms with Gasteiger partial charge in [-0.2, -0.15) is 0 Å². The van der Waals surface area contributed by atoms with Crippen LogP contribution in [0.1, 0.15) is 11.5 Å². The molecule has 0 amide bonds. The van der Waals surface area contributed by atoms with Crippen molar-refractivity contribution >= 4 is 25.8 Å². The van der Waals surface area contributed by atoms with Crippen molar-refractivity contribution in [2.24, 2.45) is 5.73 Å². The summed E-state index contributed by atoms with van der Waals surface area (Å²) in [5.74, 6) is -0.0342. The van der Waals surface area contributed by atoms with Crippen molar-refractivity contribution < 1.29 is 8.42 Å². The van der Waals surface area contributed by atoms with Crippen molar-refractivity contribution in [1.82, 2.24) is 0 Å². The second-order valence-corrected chi connectivity index (χ2v) is 7.07. The van der Waals surface area contributed by atoms with Gasteiger partial charge in [0.15, 0.2) is 9.84 Å². The molecule has 1 aliphatic carbocycles. The van der Waals surface area contributed by atoms with Gasteiger partial charge in [0, 0.05) is 22.7 Å². The molecule has 2 N–H and O–H groups in total. The van der Waals surface area contributed by atoms with Gasteiger partial charge in [0.2, 0.25) is 0 Å². The molecule has 1 aliphatic rings. The molecule has 3 nitrogen and oxygen atoms in total. The van der Waals surface area contributed by atoms with E-state index < -0.39 is 15.1 Å². The van der Waals surface area contributed by atoms with Gasteiger partial charge in [-0.3, -0.25) is 0 Å². The van der Waals surface area contributed by atoms with Crippen molar-refractivity contribution in [2.75, 3.05) is 6.26 Å². The van der Waals surface area contributed by atoms with Crippen LogP contribution >= 0.6 is 15.9 Å². The maximum absolute atomic E-state index is 11.4. The molecule has 0 aromatic heterocycles. The average Bonchev–Trinajstić information content (AvgIpc) is 2.78. The largest absolute Gasteiger partial charge is 0.326 e. The summed E-state index contributed by atoms with van der Waals surface area (Å²) in [7, 11) is -3.02. The van der Waals surface area contributed by atoms with Crippen molar-refractivity contribution in [3.8, 4) is 0 Å². The molecule has 0 radical (unpaired) electrons. The van der Waals surface area contributed by atoms with Crippen LogP contribution in [0.4, 0.5) is 0 Å². The highest BCUT2D eigenvalue weighted by Gasteiger charge is 2.54. The van der Waals surface area contributed by atoms with Gasteiger partial charge in [-0.05, 0) is 17.7 Å². The van der Waals surface area contributed by atoms with E-state index in [9.17, 15) is 8.42 Å². The zero-order chi connectivity index (χ0) is 11.2. The molecular formula is C10H12BrNO2S. The molecule has 2 rings (SSSR count). The zero-order valence-corrected chi connectivity index (χ0v) is 10.6. The number of hydrogen-bond donors (Lipinski definition) is 1. The molecule has 0 saturated heterocycles. The fourth-order valence-corrected chi connectivity index (χ4v) is 3.74. The Morgan fingerprint density at radius 1 is 1.27 bits per heavy atom. The first-order valence-corrected chi connectivity index (χ1v) is 7.36. The maximum atomic E-state index is 11.4. The molecule has 1 aromatic rings. The third kappa shape index (κ3) is 2.09. The molecule has 0 heterocycles. The van der Waals surface area contributed by atoms with E-state index in [1.807, 2.05) is 24.3 Å². The van der Waals surface area contributed by atoms with E-state index in [0.717, 1.165) is 10.0 Å². The highest BCUT2D eigenvalue weighted by molar-refractivity contribution is 9.10. The van der Waals surface area contributed by atoms with Gasteiger partial charge < -0.3 is 5.73 Å². The van der Waals surface area contributed by atoms with Gasteiger partial charge in [0.25, 0.3) is 0 Å². The number of halogens is 1. The minimum atomic E-state index is -3.02. The Kier molecular flexibility index (Phi) is 2.65. The first-order chi connectivity index (χ1) is 6.91. The van der Waals surface area contributed by atoms with Crippen molar-refractivity contribution in [1.29, 1.82) is 0 Å². The molecule has 0 aliphatic heterocycles. The van der Waals surface area contributed by atoms with E-state index >= 15 is 0 Å². The van der Waals surface area contributed by atoms with Crippen LogP contribution in [0, 0.1) is 0 Å². The Hall–Kier alpha value is -0.390. The van der Waals surface area contributed by atoms with E-state index in [1.165, 1.54) is 6.26 Å². The van der Waals surface area contributed by atoms with E-state index in [0.29, 0.717) is 0 Å². The summed E-state index contributed by atoms with van der Waals surface area (Å²) in [6.07, 6.45) is 1.25. The van der Waals surface area contributed by atoms with Gasteiger partial charge in [-0.15, -0.1) is 0 Å². The highest BCUT2D eigenvalue weighted by Crippen LogP contribution is 2.44. The summed E-state index contributed by atoms with van der Waals surface area (Å²) in [6, 6.07) is 7.39. The third-order valence-electron chi connectivity index (χ3n) is 2.76. The van der Waals surface area contributed by atoms with Crippen LogP contribution < -0.4 is 5.73 Å². The highest BCUT2D eigenvalue weighted by atomic mass is 79.9. The quantitative estimate of drug-likeness (QED) is 0.892. The monoisotopic (exact) mass is 289 g/mol. The van der Waals surface area contributed by atoms with E-state index in [2.05, 4.69) is 15.9 Å². The van der Waals surface area contributed by atoms with E-state index in [4.69, 9.17) is 5.73 Å². The molecule has 3 atom stereocenters. The lowest BCUT2D eigenvalue weighted by atomic mass is 10.1. The van der Waals surface area contributed by atoms with Crippen molar-refractivity contribution in [3.63, 3.8) is 0 Å². The standard InChI is InChI=1S/C10H12BrNO2S/c1-15(13,14)10-8(9(10)12)6-2-4-7(11)5-3-6/h2-5,8-10H,12H2,1H3/t8-,9-,10-/m0/s1. The van der Waals surface area contributed by atoms with E-state index in [1.54, 1.807) is 0 Å². The SMILES string of the molecule is CS(=O)(=O)[C@@H]1[C@@H](N)[C@@H]1c1ccc(Br)cc1. The van der Waals surface area contributed by atoms with Gasteiger partial charge in [0.1, 0.15) is 0 Å². The predicted molar refractivity (Wildman–Crippen MR) is 63.5 cm³/mol. The molecular weight excluding hydrogens is 278 g/mol. The van der Waals surface area contributed by atoms with Gasteiger partial charge in [0.05, 0.1) is 5.25 Å². The summed E-state index contributed by atoms with van der Waals surface area (Å²) in [5, 5.41) is -0.404. The molecule has 0 unspecified atom stereocenters. The molecule has 0 spiro atoms. The number of benzene rings is 1. The molecule has 15 heavy (non-hydrogen) atoms. The number of hydrogen-bond acceptors (Lipinski definition) is 3. The Labute approximate surface area is 97.7 Å². The number of rotatable bonds is 2. The molecule has 1 aromatic carbocycles. The molecule has 0 bridgehead atoms. The average molecular weight is 290 g/mol. The first kappa shape index (κ1) is 11.1. The van der Waals surface area contributed by atoms with Crippen molar-refractivity contribution in [3.05, 3.63) is 34.3 Å². The summed E-state index contributed by atoms with van der Waals surface area (Å²) >= 11 is 3.34. The van der Waals surface area contributed by atoms with Crippen LogP contribution in [0.25, 0.3) is 0 Å². The lowest BCUT2D eigenvalue weighted by Gasteiger charge is -1.98. The zero-order valence-electron chi connectivity index (χ0n) is 8.22. The van der Waals surface area contributed by atoms with Gasteiger partial charge in [-0.1, -0.05) is 28.1 Å². The van der Waals surface area contributed by atoms with Gasteiger partial charge >= 0.3 is 0 Å². The first-order valence-electron chi connectivity index (χ1n) is 4.61. The number of nitrogens with two attached hydrogens (primary N) is 1. The number of sulfone groups is 1. The normalized spacial score (nSPS) is 30.2. The van der Waals surface area contributed by atoms with Crippen LogP contribution in [0.15, 0.2) is 28.7 Å². The van der Waals surface area contributed by atoms with Crippen LogP contribution in [0.2, 0.25) is 0 Å². The fraction of sp³-hybridized carbons (Fsp3) is 0.400. The van der Waals surface area contributed by atoms with Crippen LogP contribution in [0.3, 0.4) is 0 Å².